The van der Waals surface area contributed by atoms with Crippen molar-refractivity contribution >= 4 is 18.3 Å². The van der Waals surface area contributed by atoms with Gasteiger partial charge >= 0.3 is 0 Å². The average molecular weight is 149 g/mol. The molecule has 0 heterocycles. The first-order chi connectivity index (χ1) is 5.27. The highest BCUT2D eigenvalue weighted by Gasteiger charge is 1.97. The lowest BCUT2D eigenvalue weighted by Crippen LogP contribution is -1.93. The molecule has 1 aromatic rings. The normalized spacial score (nSPS) is 9.09. The van der Waals surface area contributed by atoms with Crippen LogP contribution in [0.2, 0.25) is 0 Å². The fourth-order valence-electron chi connectivity index (χ4n) is 0.774. The molecule has 0 saturated heterocycles. The van der Waals surface area contributed by atoms with Crippen LogP contribution >= 0.6 is 0 Å². The van der Waals surface area contributed by atoms with Crippen molar-refractivity contribution in [3.05, 3.63) is 29.3 Å². The molecule has 0 aliphatic heterocycles. The van der Waals surface area contributed by atoms with Crippen molar-refractivity contribution in [1.29, 1.82) is 0 Å². The van der Waals surface area contributed by atoms with Gasteiger partial charge < -0.3 is 5.73 Å². The maximum absolute atomic E-state index is 10.3. The van der Waals surface area contributed by atoms with E-state index >= 15 is 0 Å². The standard InChI is InChI=1S/C8H7NO2/c9-8-3-6(4-10)1-2-7(8)5-11/h1-5H,9H2. The Morgan fingerprint density at radius 1 is 1.18 bits per heavy atom. The van der Waals surface area contributed by atoms with Crippen LogP contribution in [0.4, 0.5) is 5.69 Å². The van der Waals surface area contributed by atoms with E-state index in [0.29, 0.717) is 29.4 Å². The lowest BCUT2D eigenvalue weighted by Gasteiger charge is -1.96. The number of benzene rings is 1. The summed E-state index contributed by atoms with van der Waals surface area (Å²) in [6, 6.07) is 4.54. The molecule has 0 amide bonds. The SMILES string of the molecule is Nc1cc(C=O)ccc1C=O. The lowest BCUT2D eigenvalue weighted by atomic mass is 10.1. The van der Waals surface area contributed by atoms with Crippen LogP contribution in [-0.2, 0) is 0 Å². The molecular formula is C8H7NO2. The molecule has 0 unspecified atom stereocenters. The largest absolute Gasteiger partial charge is 0.398 e. The monoisotopic (exact) mass is 149 g/mol. The van der Waals surface area contributed by atoms with Crippen LogP contribution in [0.25, 0.3) is 0 Å². The number of hydrogen-bond donors (Lipinski definition) is 1. The van der Waals surface area contributed by atoms with Gasteiger partial charge in [0.1, 0.15) is 6.29 Å². The molecule has 3 nitrogen and oxygen atoms in total. The Balaban J connectivity index is 3.18. The van der Waals surface area contributed by atoms with Crippen molar-refractivity contribution in [3.8, 4) is 0 Å². The second-order valence-electron chi connectivity index (χ2n) is 2.12. The van der Waals surface area contributed by atoms with Gasteiger partial charge in [0.25, 0.3) is 0 Å². The maximum Gasteiger partial charge on any atom is 0.152 e. The van der Waals surface area contributed by atoms with Crippen LogP contribution in [-0.4, -0.2) is 12.6 Å². The molecule has 0 spiro atoms. The first-order valence-corrected chi connectivity index (χ1v) is 3.08. The van der Waals surface area contributed by atoms with E-state index in [1.165, 1.54) is 12.1 Å². The molecule has 0 aliphatic rings. The minimum atomic E-state index is 0.338. The molecule has 2 N–H and O–H groups in total. The van der Waals surface area contributed by atoms with Crippen molar-refractivity contribution in [2.75, 3.05) is 5.73 Å². The molecule has 0 aliphatic carbocycles. The average Bonchev–Trinajstić information content (AvgIpc) is 2.04. The van der Waals surface area contributed by atoms with Crippen molar-refractivity contribution in [2.24, 2.45) is 0 Å². The summed E-state index contributed by atoms with van der Waals surface area (Å²) in [4.78, 5) is 20.5. The zero-order valence-corrected chi connectivity index (χ0v) is 5.78. The Labute approximate surface area is 63.8 Å². The van der Waals surface area contributed by atoms with E-state index < -0.39 is 0 Å². The highest BCUT2D eigenvalue weighted by Crippen LogP contribution is 2.10. The fourth-order valence-corrected chi connectivity index (χ4v) is 0.774. The minimum Gasteiger partial charge on any atom is -0.398 e. The molecule has 0 saturated carbocycles. The van der Waals surface area contributed by atoms with E-state index in [4.69, 9.17) is 5.73 Å². The maximum atomic E-state index is 10.3. The van der Waals surface area contributed by atoms with Gasteiger partial charge in [0.15, 0.2) is 6.29 Å². The first kappa shape index (κ1) is 7.47. The minimum absolute atomic E-state index is 0.338. The Bertz CT molecular complexity index is 294. The van der Waals surface area contributed by atoms with Crippen LogP contribution in [0.3, 0.4) is 0 Å². The molecule has 1 aromatic carbocycles. The second-order valence-corrected chi connectivity index (χ2v) is 2.12. The van der Waals surface area contributed by atoms with Crippen LogP contribution in [0.1, 0.15) is 20.7 Å². The zero-order chi connectivity index (χ0) is 8.27. The molecule has 0 fully saturated rings. The van der Waals surface area contributed by atoms with Gasteiger partial charge in [0, 0.05) is 16.8 Å². The second kappa shape index (κ2) is 2.96. The van der Waals surface area contributed by atoms with E-state index in [0.717, 1.165) is 0 Å². The summed E-state index contributed by atoms with van der Waals surface area (Å²) in [5.41, 5.74) is 6.65. The smallest absolute Gasteiger partial charge is 0.152 e. The van der Waals surface area contributed by atoms with Crippen molar-refractivity contribution in [2.45, 2.75) is 0 Å². The Morgan fingerprint density at radius 3 is 2.36 bits per heavy atom. The van der Waals surface area contributed by atoms with Gasteiger partial charge in [0.2, 0.25) is 0 Å². The third kappa shape index (κ3) is 1.43. The molecule has 0 bridgehead atoms. The number of anilines is 1. The predicted molar refractivity (Wildman–Crippen MR) is 41.6 cm³/mol. The third-order valence-corrected chi connectivity index (χ3v) is 1.37. The summed E-state index contributed by atoms with van der Waals surface area (Å²) in [5, 5.41) is 0. The molecule has 0 aromatic heterocycles. The Hall–Kier alpha value is -1.64. The van der Waals surface area contributed by atoms with Crippen LogP contribution < -0.4 is 5.73 Å². The number of hydrogen-bond acceptors (Lipinski definition) is 3. The molecule has 56 valence electrons. The van der Waals surface area contributed by atoms with Crippen molar-refractivity contribution < 1.29 is 9.59 Å². The van der Waals surface area contributed by atoms with Gasteiger partial charge in [-0.15, -0.1) is 0 Å². The van der Waals surface area contributed by atoms with Crippen LogP contribution in [0.15, 0.2) is 18.2 Å². The Morgan fingerprint density at radius 2 is 1.91 bits per heavy atom. The van der Waals surface area contributed by atoms with Gasteiger partial charge in [-0.2, -0.15) is 0 Å². The fraction of sp³-hybridized carbons (Fsp3) is 0. The lowest BCUT2D eigenvalue weighted by molar-refractivity contribution is 0.111. The van der Waals surface area contributed by atoms with Gasteiger partial charge in [-0.1, -0.05) is 6.07 Å². The molecule has 11 heavy (non-hydrogen) atoms. The van der Waals surface area contributed by atoms with Crippen molar-refractivity contribution in [3.63, 3.8) is 0 Å². The van der Waals surface area contributed by atoms with Crippen molar-refractivity contribution in [1.82, 2.24) is 0 Å². The highest BCUT2D eigenvalue weighted by atomic mass is 16.1. The number of carbonyl (C=O) groups excluding carboxylic acids is 2. The number of nitrogen functional groups attached to an aromatic ring is 1. The zero-order valence-electron chi connectivity index (χ0n) is 5.78. The third-order valence-electron chi connectivity index (χ3n) is 1.37. The van der Waals surface area contributed by atoms with E-state index in [-0.39, 0.29) is 0 Å². The van der Waals surface area contributed by atoms with Gasteiger partial charge in [-0.3, -0.25) is 9.59 Å². The topological polar surface area (TPSA) is 60.2 Å². The summed E-state index contributed by atoms with van der Waals surface area (Å²) in [7, 11) is 0. The number of aldehydes is 2. The van der Waals surface area contributed by atoms with Crippen LogP contribution in [0, 0.1) is 0 Å². The summed E-state index contributed by atoms with van der Waals surface area (Å²) in [6.07, 6.45) is 1.34. The van der Waals surface area contributed by atoms with Gasteiger partial charge in [-0.05, 0) is 12.1 Å². The molecule has 0 radical (unpaired) electrons. The quantitative estimate of drug-likeness (QED) is 0.501. The molecule has 1 rings (SSSR count). The number of rotatable bonds is 2. The van der Waals surface area contributed by atoms with E-state index in [1.54, 1.807) is 6.07 Å². The number of nitrogens with two attached hydrogens (primary N) is 1. The van der Waals surface area contributed by atoms with Gasteiger partial charge in [0.05, 0.1) is 0 Å². The summed E-state index contributed by atoms with van der Waals surface area (Å²) >= 11 is 0. The molecular weight excluding hydrogens is 142 g/mol. The summed E-state index contributed by atoms with van der Waals surface area (Å²) < 4.78 is 0. The first-order valence-electron chi connectivity index (χ1n) is 3.08. The molecule has 3 heteroatoms. The number of carbonyl (C=O) groups is 2. The summed E-state index contributed by atoms with van der Waals surface area (Å²) in [6.45, 7) is 0. The predicted octanol–water partition coefficient (Wildman–Crippen LogP) is 0.894. The van der Waals surface area contributed by atoms with E-state index in [1.807, 2.05) is 0 Å². The Kier molecular flexibility index (Phi) is 2.01. The van der Waals surface area contributed by atoms with E-state index in [2.05, 4.69) is 0 Å². The highest BCUT2D eigenvalue weighted by molar-refractivity contribution is 5.86. The van der Waals surface area contributed by atoms with Gasteiger partial charge in [-0.25, -0.2) is 0 Å². The van der Waals surface area contributed by atoms with Crippen LogP contribution in [0.5, 0.6) is 0 Å². The van der Waals surface area contributed by atoms with E-state index in [9.17, 15) is 9.59 Å². The summed E-state index contributed by atoms with van der Waals surface area (Å²) in [5.74, 6) is 0. The molecule has 0 atom stereocenters.